The molecular formula is C24H24ClF3N2O3S2. The topological polar surface area (TPSA) is 67.4 Å². The highest BCUT2D eigenvalue weighted by molar-refractivity contribution is 7.94. The molecule has 2 aromatic carbocycles. The Morgan fingerprint density at radius 2 is 1.86 bits per heavy atom. The number of halogens is 4. The van der Waals surface area contributed by atoms with Crippen LogP contribution in [0.5, 0.6) is 5.75 Å². The summed E-state index contributed by atoms with van der Waals surface area (Å²) < 4.78 is 76.0. The van der Waals surface area contributed by atoms with Gasteiger partial charge in [-0.05, 0) is 62.2 Å². The molecule has 0 spiro atoms. The molecule has 0 saturated carbocycles. The third-order valence-corrected chi connectivity index (χ3v) is 9.13. The molecule has 2 N–H and O–H groups in total. The second-order valence-electron chi connectivity index (χ2n) is 8.84. The predicted molar refractivity (Wildman–Crippen MR) is 133 cm³/mol. The molecule has 3 aromatic rings. The lowest BCUT2D eigenvalue weighted by Gasteiger charge is -2.27. The van der Waals surface area contributed by atoms with Gasteiger partial charge in [0.1, 0.15) is 15.6 Å². The minimum absolute atomic E-state index is 0.0277. The molecule has 1 aliphatic heterocycles. The smallest absolute Gasteiger partial charge is 0.419 e. The Hall–Kier alpha value is -2.27. The van der Waals surface area contributed by atoms with Gasteiger partial charge in [-0.2, -0.15) is 13.2 Å². The first-order valence-electron chi connectivity index (χ1n) is 10.8. The van der Waals surface area contributed by atoms with E-state index in [9.17, 15) is 21.6 Å². The number of sulfonamides is 1. The Bertz CT molecular complexity index is 1360. The minimum atomic E-state index is -4.66. The van der Waals surface area contributed by atoms with Crippen molar-refractivity contribution in [2.45, 2.75) is 43.2 Å². The molecule has 2 heterocycles. The van der Waals surface area contributed by atoms with Gasteiger partial charge in [0.2, 0.25) is 0 Å². The number of hydrogen-bond acceptors (Lipinski definition) is 5. The zero-order chi connectivity index (χ0) is 25.6. The van der Waals surface area contributed by atoms with Crippen molar-refractivity contribution in [3.05, 3.63) is 63.5 Å². The van der Waals surface area contributed by atoms with Gasteiger partial charge in [-0.3, -0.25) is 4.72 Å². The standard InChI is InChI=1S/C24H24ClF3N2O3S2/c1-14-4-5-16(10-15(14)2)18-12-21(25)34-22(18)35(31,32)30-17-6-7-19(24(26,27)28)20(11-17)33-23(3)8-9-29-13-23/h4-7,10-12,29-30H,8-9,13H2,1-3H3/t23-/m1/s1. The Balaban J connectivity index is 1.71. The molecular weight excluding hydrogens is 521 g/mol. The Morgan fingerprint density at radius 1 is 1.11 bits per heavy atom. The van der Waals surface area contributed by atoms with Crippen molar-refractivity contribution < 1.29 is 26.3 Å². The van der Waals surface area contributed by atoms with E-state index in [1.165, 1.54) is 0 Å². The van der Waals surface area contributed by atoms with Gasteiger partial charge >= 0.3 is 6.18 Å². The third kappa shape index (κ3) is 5.61. The molecule has 0 radical (unpaired) electrons. The number of nitrogens with one attached hydrogen (secondary N) is 2. The maximum atomic E-state index is 13.6. The lowest BCUT2D eigenvalue weighted by atomic mass is 10.0. The fraction of sp³-hybridized carbons (Fsp3) is 0.333. The van der Waals surface area contributed by atoms with Gasteiger partial charge in [0.15, 0.2) is 0 Å². The average molecular weight is 545 g/mol. The van der Waals surface area contributed by atoms with Crippen LogP contribution in [0.25, 0.3) is 11.1 Å². The molecule has 0 bridgehead atoms. The third-order valence-electron chi connectivity index (χ3n) is 5.96. The minimum Gasteiger partial charge on any atom is -0.485 e. The fourth-order valence-corrected chi connectivity index (χ4v) is 6.86. The summed E-state index contributed by atoms with van der Waals surface area (Å²) in [5.41, 5.74) is 1.29. The first-order chi connectivity index (χ1) is 16.3. The fourth-order valence-electron chi connectivity index (χ4n) is 3.91. The van der Waals surface area contributed by atoms with E-state index in [4.69, 9.17) is 16.3 Å². The first kappa shape index (κ1) is 25.8. The summed E-state index contributed by atoms with van der Waals surface area (Å²) in [7, 11) is -4.17. The van der Waals surface area contributed by atoms with Gasteiger partial charge in [0, 0.05) is 24.6 Å². The van der Waals surface area contributed by atoms with Crippen LogP contribution in [-0.2, 0) is 16.2 Å². The van der Waals surface area contributed by atoms with E-state index in [1.807, 2.05) is 26.0 Å². The van der Waals surface area contributed by atoms with Crippen molar-refractivity contribution in [3.8, 4) is 16.9 Å². The summed E-state index contributed by atoms with van der Waals surface area (Å²) in [6, 6.07) is 10.1. The molecule has 1 fully saturated rings. The van der Waals surface area contributed by atoms with E-state index in [1.54, 1.807) is 19.1 Å². The van der Waals surface area contributed by atoms with Crippen molar-refractivity contribution in [3.63, 3.8) is 0 Å². The number of benzene rings is 2. The number of anilines is 1. The molecule has 1 atom stereocenters. The Kier molecular flexibility index (Phi) is 6.87. The number of ether oxygens (including phenoxy) is 1. The summed E-state index contributed by atoms with van der Waals surface area (Å²) in [6.07, 6.45) is -4.14. The van der Waals surface area contributed by atoms with Crippen LogP contribution in [0.15, 0.2) is 46.7 Å². The Morgan fingerprint density at radius 3 is 2.49 bits per heavy atom. The van der Waals surface area contributed by atoms with Crippen molar-refractivity contribution in [2.75, 3.05) is 17.8 Å². The van der Waals surface area contributed by atoms with Crippen LogP contribution in [0, 0.1) is 13.8 Å². The number of alkyl halides is 3. The molecule has 1 aliphatic rings. The quantitative estimate of drug-likeness (QED) is 0.365. The normalized spacial score (nSPS) is 18.6. The van der Waals surface area contributed by atoms with Crippen LogP contribution in [0.1, 0.15) is 30.0 Å². The summed E-state index contributed by atoms with van der Waals surface area (Å²) in [5, 5.41) is 3.07. The molecule has 35 heavy (non-hydrogen) atoms. The van der Waals surface area contributed by atoms with E-state index in [-0.39, 0.29) is 14.2 Å². The lowest BCUT2D eigenvalue weighted by molar-refractivity contribution is -0.139. The summed E-state index contributed by atoms with van der Waals surface area (Å²) in [5.74, 6) is -0.428. The number of aryl methyl sites for hydroxylation is 2. The first-order valence-corrected chi connectivity index (χ1v) is 13.5. The second kappa shape index (κ2) is 9.31. The SMILES string of the molecule is Cc1ccc(-c2cc(Cl)sc2S(=O)(=O)Nc2ccc(C(F)(F)F)c(O[C@]3(C)CCNC3)c2)cc1C. The largest absolute Gasteiger partial charge is 0.485 e. The summed E-state index contributed by atoms with van der Waals surface area (Å²) in [6.45, 7) is 6.58. The number of hydrogen-bond donors (Lipinski definition) is 2. The molecule has 5 nitrogen and oxygen atoms in total. The molecule has 0 unspecified atom stereocenters. The van der Waals surface area contributed by atoms with Crippen LogP contribution in [-0.4, -0.2) is 27.1 Å². The molecule has 0 amide bonds. The van der Waals surface area contributed by atoms with Crippen LogP contribution < -0.4 is 14.8 Å². The molecule has 11 heteroatoms. The highest BCUT2D eigenvalue weighted by atomic mass is 35.5. The van der Waals surface area contributed by atoms with Crippen LogP contribution in [0.3, 0.4) is 0 Å². The van der Waals surface area contributed by atoms with Gasteiger partial charge in [-0.1, -0.05) is 29.8 Å². The number of thiophene rings is 1. The zero-order valence-corrected chi connectivity index (χ0v) is 21.6. The monoisotopic (exact) mass is 544 g/mol. The second-order valence-corrected chi connectivity index (χ2v) is 12.4. The van der Waals surface area contributed by atoms with E-state index in [2.05, 4.69) is 10.0 Å². The molecule has 1 saturated heterocycles. The molecule has 1 aromatic heterocycles. The summed E-state index contributed by atoms with van der Waals surface area (Å²) in [4.78, 5) is 0. The lowest BCUT2D eigenvalue weighted by Crippen LogP contribution is -2.35. The van der Waals surface area contributed by atoms with Gasteiger partial charge in [-0.25, -0.2) is 8.42 Å². The average Bonchev–Trinajstić information content (AvgIpc) is 3.35. The van der Waals surface area contributed by atoms with Gasteiger partial charge < -0.3 is 10.1 Å². The number of rotatable bonds is 6. The van der Waals surface area contributed by atoms with Gasteiger partial charge in [-0.15, -0.1) is 11.3 Å². The van der Waals surface area contributed by atoms with E-state index in [0.717, 1.165) is 40.7 Å². The van der Waals surface area contributed by atoms with Crippen molar-refractivity contribution in [2.24, 2.45) is 0 Å². The van der Waals surface area contributed by atoms with E-state index < -0.39 is 33.1 Å². The van der Waals surface area contributed by atoms with Crippen LogP contribution in [0.2, 0.25) is 4.34 Å². The van der Waals surface area contributed by atoms with E-state index >= 15 is 0 Å². The predicted octanol–water partition coefficient (Wildman–Crippen LogP) is 6.64. The highest BCUT2D eigenvalue weighted by Gasteiger charge is 2.38. The molecule has 188 valence electrons. The van der Waals surface area contributed by atoms with Crippen molar-refractivity contribution in [1.82, 2.24) is 5.32 Å². The summed E-state index contributed by atoms with van der Waals surface area (Å²) >= 11 is 7.06. The molecule has 0 aliphatic carbocycles. The Labute approximate surface area is 211 Å². The van der Waals surface area contributed by atoms with Gasteiger partial charge in [0.05, 0.1) is 15.6 Å². The molecule has 4 rings (SSSR count). The zero-order valence-electron chi connectivity index (χ0n) is 19.2. The highest BCUT2D eigenvalue weighted by Crippen LogP contribution is 2.42. The van der Waals surface area contributed by atoms with E-state index in [0.29, 0.717) is 30.6 Å². The van der Waals surface area contributed by atoms with Crippen molar-refractivity contribution >= 4 is 38.6 Å². The maximum Gasteiger partial charge on any atom is 0.419 e. The van der Waals surface area contributed by atoms with Gasteiger partial charge in [0.25, 0.3) is 10.0 Å². The van der Waals surface area contributed by atoms with Crippen LogP contribution in [0.4, 0.5) is 18.9 Å². The van der Waals surface area contributed by atoms with Crippen molar-refractivity contribution in [1.29, 1.82) is 0 Å². The maximum absolute atomic E-state index is 13.6. The van der Waals surface area contributed by atoms with Crippen LogP contribution >= 0.6 is 22.9 Å².